The topological polar surface area (TPSA) is 84.9 Å². The molecule has 1 heterocycles. The van der Waals surface area contributed by atoms with E-state index in [2.05, 4.69) is 5.32 Å². The molecule has 1 N–H and O–H groups in total. The van der Waals surface area contributed by atoms with Crippen molar-refractivity contribution in [1.29, 1.82) is 0 Å². The monoisotopic (exact) mass is 570 g/mol. The molecule has 0 radical (unpaired) electrons. The number of ether oxygens (including phenoxy) is 2. The number of nitrogens with zero attached hydrogens (tertiary/aromatic N) is 1. The van der Waals surface area contributed by atoms with E-state index in [0.29, 0.717) is 32.8 Å². The summed E-state index contributed by atoms with van der Waals surface area (Å²) in [5.41, 5.74) is 3.01. The third-order valence-electron chi connectivity index (χ3n) is 5.55. The van der Waals surface area contributed by atoms with Gasteiger partial charge in [0, 0.05) is 21.3 Å². The molecule has 3 amide bonds. The van der Waals surface area contributed by atoms with E-state index in [4.69, 9.17) is 32.7 Å². The third kappa shape index (κ3) is 7.10. The van der Waals surface area contributed by atoms with Crippen molar-refractivity contribution in [1.82, 2.24) is 4.90 Å². The fraction of sp³-hybridized carbons (Fsp3) is 0.179. The highest BCUT2D eigenvalue weighted by molar-refractivity contribution is 8.18. The second-order valence-corrected chi connectivity index (χ2v) is 10.3. The van der Waals surface area contributed by atoms with E-state index in [1.165, 1.54) is 6.08 Å². The SMILES string of the molecule is Cc1ccc(OCCN2C(=O)S/C(=C\c3cc(Cl)ccc3OCC(=O)Nc3ccc(C)c(Cl)c3)C2=O)cc1. The maximum Gasteiger partial charge on any atom is 0.293 e. The van der Waals surface area contributed by atoms with Gasteiger partial charge in [-0.25, -0.2) is 0 Å². The molecule has 0 bridgehead atoms. The van der Waals surface area contributed by atoms with Crippen LogP contribution in [-0.4, -0.2) is 41.7 Å². The molecule has 0 unspecified atom stereocenters. The Kier molecular flexibility index (Phi) is 8.99. The molecule has 4 rings (SSSR count). The second kappa shape index (κ2) is 12.4. The van der Waals surface area contributed by atoms with Gasteiger partial charge in [0.25, 0.3) is 17.1 Å². The van der Waals surface area contributed by atoms with Crippen LogP contribution >= 0.6 is 35.0 Å². The molecule has 196 valence electrons. The summed E-state index contributed by atoms with van der Waals surface area (Å²) in [6.07, 6.45) is 1.53. The number of anilines is 1. The lowest BCUT2D eigenvalue weighted by molar-refractivity contribution is -0.123. The minimum atomic E-state index is -0.438. The largest absolute Gasteiger partial charge is 0.492 e. The Labute approximate surface area is 234 Å². The molecule has 38 heavy (non-hydrogen) atoms. The van der Waals surface area contributed by atoms with E-state index in [0.717, 1.165) is 27.8 Å². The summed E-state index contributed by atoms with van der Waals surface area (Å²) in [7, 11) is 0. The van der Waals surface area contributed by atoms with Gasteiger partial charge in [0.05, 0.1) is 11.4 Å². The Morgan fingerprint density at radius 1 is 1.00 bits per heavy atom. The second-order valence-electron chi connectivity index (χ2n) is 8.48. The number of amides is 3. The summed E-state index contributed by atoms with van der Waals surface area (Å²) in [6.45, 7) is 3.83. The number of thioether (sulfide) groups is 1. The Hall–Kier alpha value is -3.46. The number of nitrogens with one attached hydrogen (secondary N) is 1. The van der Waals surface area contributed by atoms with Crippen LogP contribution in [-0.2, 0) is 9.59 Å². The van der Waals surface area contributed by atoms with Crippen molar-refractivity contribution in [2.75, 3.05) is 25.1 Å². The number of benzene rings is 3. The molecule has 0 atom stereocenters. The molecule has 0 aliphatic carbocycles. The highest BCUT2D eigenvalue weighted by Crippen LogP contribution is 2.35. The van der Waals surface area contributed by atoms with Gasteiger partial charge in [0.1, 0.15) is 18.1 Å². The molecule has 1 saturated heterocycles. The molecule has 0 aromatic heterocycles. The fourth-order valence-corrected chi connectivity index (χ4v) is 4.71. The molecule has 1 aliphatic heterocycles. The van der Waals surface area contributed by atoms with Crippen LogP contribution in [0.5, 0.6) is 11.5 Å². The quantitative estimate of drug-likeness (QED) is 0.286. The Balaban J connectivity index is 1.39. The smallest absolute Gasteiger partial charge is 0.293 e. The number of carbonyl (C=O) groups excluding carboxylic acids is 3. The van der Waals surface area contributed by atoms with Gasteiger partial charge in [-0.3, -0.25) is 19.3 Å². The van der Waals surface area contributed by atoms with Gasteiger partial charge in [-0.15, -0.1) is 0 Å². The predicted octanol–water partition coefficient (Wildman–Crippen LogP) is 6.74. The molecule has 1 fully saturated rings. The van der Waals surface area contributed by atoms with Crippen LogP contribution in [0.25, 0.3) is 6.08 Å². The van der Waals surface area contributed by atoms with Gasteiger partial charge < -0.3 is 14.8 Å². The maximum atomic E-state index is 12.9. The minimum absolute atomic E-state index is 0.109. The first kappa shape index (κ1) is 27.6. The number of aryl methyl sites for hydroxylation is 2. The number of hydrogen-bond donors (Lipinski definition) is 1. The van der Waals surface area contributed by atoms with Crippen LogP contribution < -0.4 is 14.8 Å². The summed E-state index contributed by atoms with van der Waals surface area (Å²) in [5, 5.41) is 3.28. The van der Waals surface area contributed by atoms with Gasteiger partial charge in [-0.05, 0) is 79.7 Å². The minimum Gasteiger partial charge on any atom is -0.492 e. The molecule has 3 aromatic rings. The van der Waals surface area contributed by atoms with Crippen LogP contribution in [0, 0.1) is 13.8 Å². The molecule has 7 nitrogen and oxygen atoms in total. The van der Waals surface area contributed by atoms with Crippen molar-refractivity contribution in [2.45, 2.75) is 13.8 Å². The molecular formula is C28H24Cl2N2O5S. The molecule has 0 saturated carbocycles. The van der Waals surface area contributed by atoms with Crippen molar-refractivity contribution in [3.05, 3.63) is 92.3 Å². The number of hydrogen-bond acceptors (Lipinski definition) is 6. The summed E-state index contributed by atoms with van der Waals surface area (Å²) in [6, 6.07) is 17.5. The lowest BCUT2D eigenvalue weighted by Gasteiger charge is -2.13. The zero-order valence-electron chi connectivity index (χ0n) is 20.6. The van der Waals surface area contributed by atoms with Gasteiger partial charge >= 0.3 is 0 Å². The molecule has 3 aromatic carbocycles. The van der Waals surface area contributed by atoms with E-state index < -0.39 is 11.1 Å². The van der Waals surface area contributed by atoms with Crippen LogP contribution in [0.15, 0.2) is 65.6 Å². The Morgan fingerprint density at radius 3 is 2.50 bits per heavy atom. The summed E-state index contributed by atoms with van der Waals surface area (Å²) >= 11 is 13.1. The average Bonchev–Trinajstić information content (AvgIpc) is 3.14. The summed E-state index contributed by atoms with van der Waals surface area (Å²) in [4.78, 5) is 39.2. The normalized spacial score (nSPS) is 14.2. The Bertz CT molecular complexity index is 1410. The number of carbonyl (C=O) groups is 3. The molecular weight excluding hydrogens is 547 g/mol. The summed E-state index contributed by atoms with van der Waals surface area (Å²) in [5.74, 6) is 0.168. The molecule has 1 aliphatic rings. The summed E-state index contributed by atoms with van der Waals surface area (Å²) < 4.78 is 11.4. The highest BCUT2D eigenvalue weighted by Gasteiger charge is 2.35. The van der Waals surface area contributed by atoms with Crippen molar-refractivity contribution < 1.29 is 23.9 Å². The number of imide groups is 1. The fourth-order valence-electron chi connectivity index (χ4n) is 3.50. The van der Waals surface area contributed by atoms with Crippen LogP contribution in [0.3, 0.4) is 0 Å². The van der Waals surface area contributed by atoms with E-state index in [1.54, 1.807) is 36.4 Å². The van der Waals surface area contributed by atoms with Gasteiger partial charge in [0.2, 0.25) is 0 Å². The van der Waals surface area contributed by atoms with E-state index in [-0.39, 0.29) is 30.6 Å². The van der Waals surface area contributed by atoms with Crippen LogP contribution in [0.2, 0.25) is 10.0 Å². The van der Waals surface area contributed by atoms with Gasteiger partial charge in [-0.1, -0.05) is 47.0 Å². The first-order valence-electron chi connectivity index (χ1n) is 11.6. The third-order valence-corrected chi connectivity index (χ3v) is 7.10. The lowest BCUT2D eigenvalue weighted by atomic mass is 10.2. The van der Waals surface area contributed by atoms with E-state index in [9.17, 15) is 14.4 Å². The number of rotatable bonds is 9. The van der Waals surface area contributed by atoms with Crippen LogP contribution in [0.4, 0.5) is 10.5 Å². The maximum absolute atomic E-state index is 12.9. The molecule has 0 spiro atoms. The van der Waals surface area contributed by atoms with Crippen molar-refractivity contribution in [2.24, 2.45) is 0 Å². The first-order chi connectivity index (χ1) is 18.2. The van der Waals surface area contributed by atoms with Gasteiger partial charge in [0.15, 0.2) is 6.61 Å². The lowest BCUT2D eigenvalue weighted by Crippen LogP contribution is -2.32. The average molecular weight is 571 g/mol. The van der Waals surface area contributed by atoms with E-state index >= 15 is 0 Å². The standard InChI is InChI=1S/C28H24Cl2N2O5S/c1-17-3-8-22(9-4-17)36-12-11-32-27(34)25(38-28(32)35)14-19-13-20(29)6-10-24(19)37-16-26(33)31-21-7-5-18(2)23(30)15-21/h3-10,13-15H,11-12,16H2,1-2H3,(H,31,33)/b25-14-. The van der Waals surface area contributed by atoms with Crippen molar-refractivity contribution in [3.63, 3.8) is 0 Å². The molecule has 10 heteroatoms. The van der Waals surface area contributed by atoms with E-state index in [1.807, 2.05) is 38.1 Å². The van der Waals surface area contributed by atoms with Crippen molar-refractivity contribution >= 4 is 63.8 Å². The van der Waals surface area contributed by atoms with Crippen LogP contribution in [0.1, 0.15) is 16.7 Å². The predicted molar refractivity (Wildman–Crippen MR) is 151 cm³/mol. The zero-order chi connectivity index (χ0) is 27.2. The highest BCUT2D eigenvalue weighted by atomic mass is 35.5. The van der Waals surface area contributed by atoms with Gasteiger partial charge in [-0.2, -0.15) is 0 Å². The Morgan fingerprint density at radius 2 is 1.76 bits per heavy atom. The van der Waals surface area contributed by atoms with Crippen molar-refractivity contribution in [3.8, 4) is 11.5 Å². The number of halogens is 2. The zero-order valence-corrected chi connectivity index (χ0v) is 23.0. The first-order valence-corrected chi connectivity index (χ1v) is 13.2.